The van der Waals surface area contributed by atoms with E-state index in [9.17, 15) is 0 Å². The van der Waals surface area contributed by atoms with Crippen LogP contribution in [0.15, 0.2) is 0 Å². The summed E-state index contributed by atoms with van der Waals surface area (Å²) in [5.41, 5.74) is 6.02. The summed E-state index contributed by atoms with van der Waals surface area (Å²) >= 11 is 0. The van der Waals surface area contributed by atoms with Gasteiger partial charge in [-0.25, -0.2) is 0 Å². The van der Waals surface area contributed by atoms with Crippen LogP contribution in [0.1, 0.15) is 32.6 Å². The quantitative estimate of drug-likeness (QED) is 0.782. The zero-order chi connectivity index (χ0) is 11.4. The Morgan fingerprint density at radius 2 is 1.81 bits per heavy atom. The van der Waals surface area contributed by atoms with Gasteiger partial charge in [-0.3, -0.25) is 0 Å². The minimum Gasteiger partial charge on any atom is -0.327 e. The number of likely N-dealkylation sites (tertiary alicyclic amines) is 2. The second-order valence-electron chi connectivity index (χ2n) is 5.54. The monoisotopic (exact) mass is 225 g/mol. The summed E-state index contributed by atoms with van der Waals surface area (Å²) in [6.45, 7) is 9.81. The molecule has 2 rings (SSSR count). The molecule has 1 unspecified atom stereocenters. The second kappa shape index (κ2) is 5.99. The van der Waals surface area contributed by atoms with Crippen LogP contribution in [0.4, 0.5) is 0 Å². The maximum absolute atomic E-state index is 6.02. The molecule has 0 spiro atoms. The predicted molar refractivity (Wildman–Crippen MR) is 68.5 cm³/mol. The molecule has 0 aromatic heterocycles. The van der Waals surface area contributed by atoms with Gasteiger partial charge in [0.1, 0.15) is 0 Å². The molecule has 0 amide bonds. The van der Waals surface area contributed by atoms with Crippen LogP contribution in [0.3, 0.4) is 0 Å². The predicted octanol–water partition coefficient (Wildman–Crippen LogP) is 1.14. The van der Waals surface area contributed by atoms with Crippen molar-refractivity contribution in [3.63, 3.8) is 0 Å². The van der Waals surface area contributed by atoms with Gasteiger partial charge in [-0.1, -0.05) is 6.92 Å². The molecule has 0 bridgehead atoms. The van der Waals surface area contributed by atoms with E-state index in [1.165, 1.54) is 58.4 Å². The van der Waals surface area contributed by atoms with Crippen molar-refractivity contribution in [3.8, 4) is 0 Å². The van der Waals surface area contributed by atoms with Gasteiger partial charge in [-0.2, -0.15) is 0 Å². The zero-order valence-corrected chi connectivity index (χ0v) is 10.7. The molecule has 2 aliphatic rings. The normalized spacial score (nSPS) is 30.8. The molecular weight excluding hydrogens is 198 g/mol. The average Bonchev–Trinajstić information content (AvgIpc) is 2.30. The summed E-state index contributed by atoms with van der Waals surface area (Å²) < 4.78 is 0. The maximum atomic E-state index is 6.02. The molecule has 3 nitrogen and oxygen atoms in total. The van der Waals surface area contributed by atoms with E-state index in [0.717, 1.165) is 12.5 Å². The van der Waals surface area contributed by atoms with Gasteiger partial charge in [0.05, 0.1) is 0 Å². The first-order valence-electron chi connectivity index (χ1n) is 6.98. The number of nitrogens with two attached hydrogens (primary N) is 1. The first-order chi connectivity index (χ1) is 7.78. The molecule has 94 valence electrons. The van der Waals surface area contributed by atoms with Gasteiger partial charge in [0.15, 0.2) is 0 Å². The fraction of sp³-hybridized carbons (Fsp3) is 1.00. The fourth-order valence-electron chi connectivity index (χ4n) is 3.11. The molecule has 0 aromatic carbocycles. The molecule has 16 heavy (non-hydrogen) atoms. The van der Waals surface area contributed by atoms with Gasteiger partial charge in [0, 0.05) is 19.1 Å². The van der Waals surface area contributed by atoms with Crippen molar-refractivity contribution < 1.29 is 0 Å². The van der Waals surface area contributed by atoms with Crippen molar-refractivity contribution in [2.24, 2.45) is 11.7 Å². The van der Waals surface area contributed by atoms with Crippen molar-refractivity contribution >= 4 is 0 Å². The molecule has 0 saturated carbocycles. The van der Waals surface area contributed by atoms with E-state index in [1.807, 2.05) is 0 Å². The highest BCUT2D eigenvalue weighted by Crippen LogP contribution is 2.19. The number of hydrogen-bond acceptors (Lipinski definition) is 3. The Morgan fingerprint density at radius 3 is 2.44 bits per heavy atom. The van der Waals surface area contributed by atoms with E-state index >= 15 is 0 Å². The molecule has 3 heteroatoms. The summed E-state index contributed by atoms with van der Waals surface area (Å²) in [7, 11) is 0. The van der Waals surface area contributed by atoms with Crippen LogP contribution in [-0.4, -0.2) is 55.1 Å². The first-order valence-corrected chi connectivity index (χ1v) is 6.98. The summed E-state index contributed by atoms with van der Waals surface area (Å²) in [4.78, 5) is 5.17. The third-order valence-corrected chi connectivity index (χ3v) is 4.21. The molecule has 1 atom stereocenters. The minimum atomic E-state index is 0.435. The van der Waals surface area contributed by atoms with Crippen LogP contribution in [0.25, 0.3) is 0 Å². The highest BCUT2D eigenvalue weighted by atomic mass is 15.2. The topological polar surface area (TPSA) is 32.5 Å². The fourth-order valence-corrected chi connectivity index (χ4v) is 3.11. The maximum Gasteiger partial charge on any atom is 0.0168 e. The SMILES string of the molecule is CCN1CCC(CN2CCCC(N)C2)CC1. The minimum absolute atomic E-state index is 0.435. The molecule has 2 saturated heterocycles. The first kappa shape index (κ1) is 12.3. The van der Waals surface area contributed by atoms with E-state index in [0.29, 0.717) is 6.04 Å². The Hall–Kier alpha value is -0.120. The van der Waals surface area contributed by atoms with Gasteiger partial charge in [0.2, 0.25) is 0 Å². The van der Waals surface area contributed by atoms with Gasteiger partial charge in [-0.15, -0.1) is 0 Å². The Balaban J connectivity index is 1.69. The molecule has 0 aliphatic carbocycles. The largest absolute Gasteiger partial charge is 0.327 e. The van der Waals surface area contributed by atoms with Crippen molar-refractivity contribution in [2.45, 2.75) is 38.6 Å². The van der Waals surface area contributed by atoms with Crippen LogP contribution >= 0.6 is 0 Å². The molecular formula is C13H27N3. The molecule has 2 fully saturated rings. The van der Waals surface area contributed by atoms with Crippen LogP contribution < -0.4 is 5.73 Å². The average molecular weight is 225 g/mol. The van der Waals surface area contributed by atoms with Gasteiger partial charge < -0.3 is 15.5 Å². The second-order valence-corrected chi connectivity index (χ2v) is 5.54. The molecule has 2 heterocycles. The van der Waals surface area contributed by atoms with Crippen LogP contribution in [-0.2, 0) is 0 Å². The van der Waals surface area contributed by atoms with Gasteiger partial charge in [-0.05, 0) is 57.8 Å². The van der Waals surface area contributed by atoms with Crippen LogP contribution in [0.5, 0.6) is 0 Å². The molecule has 0 aromatic rings. The third kappa shape index (κ3) is 3.44. The van der Waals surface area contributed by atoms with E-state index in [1.54, 1.807) is 0 Å². The van der Waals surface area contributed by atoms with Crippen molar-refractivity contribution in [3.05, 3.63) is 0 Å². The molecule has 0 radical (unpaired) electrons. The summed E-state index contributed by atoms with van der Waals surface area (Å²) in [6.07, 6.45) is 5.30. The lowest BCUT2D eigenvalue weighted by atomic mass is 9.95. The van der Waals surface area contributed by atoms with Gasteiger partial charge >= 0.3 is 0 Å². The van der Waals surface area contributed by atoms with E-state index in [-0.39, 0.29) is 0 Å². The number of rotatable bonds is 3. The lowest BCUT2D eigenvalue weighted by Crippen LogP contribution is -2.46. The van der Waals surface area contributed by atoms with E-state index in [4.69, 9.17) is 5.73 Å². The Kier molecular flexibility index (Phi) is 4.62. The van der Waals surface area contributed by atoms with Gasteiger partial charge in [0.25, 0.3) is 0 Å². The van der Waals surface area contributed by atoms with Crippen molar-refractivity contribution in [1.82, 2.24) is 9.80 Å². The van der Waals surface area contributed by atoms with Crippen LogP contribution in [0.2, 0.25) is 0 Å². The van der Waals surface area contributed by atoms with Crippen molar-refractivity contribution in [2.75, 3.05) is 39.3 Å². The molecule has 2 aliphatic heterocycles. The van der Waals surface area contributed by atoms with Crippen LogP contribution in [0, 0.1) is 5.92 Å². The Bertz CT molecular complexity index is 199. The standard InChI is InChI=1S/C13H27N3/c1-2-15-8-5-12(6-9-15)10-16-7-3-4-13(14)11-16/h12-13H,2-11,14H2,1H3. The third-order valence-electron chi connectivity index (χ3n) is 4.21. The summed E-state index contributed by atoms with van der Waals surface area (Å²) in [5, 5.41) is 0. The van der Waals surface area contributed by atoms with Crippen molar-refractivity contribution in [1.29, 1.82) is 0 Å². The summed E-state index contributed by atoms with van der Waals surface area (Å²) in [5.74, 6) is 0.924. The zero-order valence-electron chi connectivity index (χ0n) is 10.7. The highest BCUT2D eigenvalue weighted by molar-refractivity contribution is 4.79. The smallest absolute Gasteiger partial charge is 0.0168 e. The lowest BCUT2D eigenvalue weighted by molar-refractivity contribution is 0.129. The molecule has 2 N–H and O–H groups in total. The number of piperidine rings is 2. The Labute approximate surface area is 100.0 Å². The Morgan fingerprint density at radius 1 is 1.06 bits per heavy atom. The number of hydrogen-bond donors (Lipinski definition) is 1. The highest BCUT2D eigenvalue weighted by Gasteiger charge is 2.23. The van der Waals surface area contributed by atoms with E-state index < -0.39 is 0 Å². The number of nitrogens with zero attached hydrogens (tertiary/aromatic N) is 2. The van der Waals surface area contributed by atoms with E-state index in [2.05, 4.69) is 16.7 Å². The lowest BCUT2D eigenvalue weighted by Gasteiger charge is -2.37. The summed E-state index contributed by atoms with van der Waals surface area (Å²) in [6, 6.07) is 0.435.